The predicted molar refractivity (Wildman–Crippen MR) is 93.7 cm³/mol. The molecule has 0 atom stereocenters. The van der Waals surface area contributed by atoms with Crippen molar-refractivity contribution in [3.05, 3.63) is 60.2 Å². The fourth-order valence-corrected chi connectivity index (χ4v) is 2.52. The Morgan fingerprint density at radius 1 is 0.909 bits per heavy atom. The number of likely N-dealkylation sites (N-methyl/N-ethyl adjacent to an activating group) is 2. The van der Waals surface area contributed by atoms with E-state index in [1.807, 2.05) is 12.1 Å². The lowest BCUT2D eigenvalue weighted by atomic mass is 10.2. The van der Waals surface area contributed by atoms with Gasteiger partial charge in [-0.25, -0.2) is 0 Å². The van der Waals surface area contributed by atoms with E-state index in [-0.39, 0.29) is 0 Å². The molecular weight excluding hydrogens is 272 g/mol. The normalized spacial score (nSPS) is 10.7. The molecule has 3 nitrogen and oxygen atoms in total. The molecule has 0 radical (unpaired) electrons. The minimum Gasteiger partial charge on any atom is -0.497 e. The van der Waals surface area contributed by atoms with Crippen LogP contribution in [0, 0.1) is 0 Å². The molecule has 2 rings (SSSR count). The molecule has 3 heteroatoms. The summed E-state index contributed by atoms with van der Waals surface area (Å²) in [5.41, 5.74) is 2.61. The summed E-state index contributed by atoms with van der Waals surface area (Å²) >= 11 is 0. The van der Waals surface area contributed by atoms with Crippen LogP contribution in [0.4, 0.5) is 5.69 Å². The van der Waals surface area contributed by atoms with Crippen molar-refractivity contribution in [2.75, 3.05) is 38.7 Å². The average Bonchev–Trinajstić information content (AvgIpc) is 2.57. The maximum atomic E-state index is 5.20. The molecule has 0 aliphatic rings. The van der Waals surface area contributed by atoms with E-state index in [1.165, 1.54) is 11.3 Å². The largest absolute Gasteiger partial charge is 0.497 e. The molecule has 0 amide bonds. The fraction of sp³-hybridized carbons (Fsp3) is 0.368. The van der Waals surface area contributed by atoms with E-state index in [0.717, 1.165) is 31.9 Å². The Morgan fingerprint density at radius 2 is 1.59 bits per heavy atom. The molecular formula is C19H26N2O. The molecule has 2 aromatic rings. The van der Waals surface area contributed by atoms with E-state index in [2.05, 4.69) is 66.2 Å². The van der Waals surface area contributed by atoms with Gasteiger partial charge in [-0.2, -0.15) is 0 Å². The van der Waals surface area contributed by atoms with Crippen molar-refractivity contribution < 1.29 is 4.74 Å². The number of rotatable bonds is 8. The molecule has 2 aromatic carbocycles. The zero-order valence-electron chi connectivity index (χ0n) is 13.8. The summed E-state index contributed by atoms with van der Waals surface area (Å²) in [5, 5.41) is 0. The third-order valence-corrected chi connectivity index (χ3v) is 3.87. The number of ether oxygens (including phenoxy) is 1. The van der Waals surface area contributed by atoms with E-state index in [4.69, 9.17) is 4.74 Å². The summed E-state index contributed by atoms with van der Waals surface area (Å²) in [6, 6.07) is 18.9. The zero-order chi connectivity index (χ0) is 15.8. The van der Waals surface area contributed by atoms with E-state index in [1.54, 1.807) is 7.11 Å². The van der Waals surface area contributed by atoms with Crippen molar-refractivity contribution in [2.45, 2.75) is 13.5 Å². The molecule has 118 valence electrons. The Kier molecular flexibility index (Phi) is 6.28. The van der Waals surface area contributed by atoms with Crippen LogP contribution < -0.4 is 9.64 Å². The van der Waals surface area contributed by atoms with Gasteiger partial charge in [0, 0.05) is 31.9 Å². The number of para-hydroxylation sites is 1. The molecule has 0 fully saturated rings. The summed E-state index contributed by atoms with van der Waals surface area (Å²) in [5.74, 6) is 0.910. The molecule has 0 saturated heterocycles. The molecule has 0 saturated carbocycles. The molecule has 0 aliphatic heterocycles. The van der Waals surface area contributed by atoms with Gasteiger partial charge in [-0.1, -0.05) is 30.3 Å². The first-order chi connectivity index (χ1) is 10.7. The van der Waals surface area contributed by atoms with Crippen LogP contribution in [0.1, 0.15) is 12.5 Å². The lowest BCUT2D eigenvalue weighted by Gasteiger charge is -2.26. The zero-order valence-corrected chi connectivity index (χ0v) is 13.8. The topological polar surface area (TPSA) is 15.7 Å². The van der Waals surface area contributed by atoms with Crippen molar-refractivity contribution in [1.29, 1.82) is 0 Å². The second-order valence-electron chi connectivity index (χ2n) is 5.50. The van der Waals surface area contributed by atoms with Crippen LogP contribution in [-0.2, 0) is 6.54 Å². The number of methoxy groups -OCH3 is 1. The molecule has 0 spiro atoms. The first-order valence-electron chi connectivity index (χ1n) is 7.84. The van der Waals surface area contributed by atoms with Crippen molar-refractivity contribution in [2.24, 2.45) is 0 Å². The molecule has 0 unspecified atom stereocenters. The van der Waals surface area contributed by atoms with Gasteiger partial charge in [-0.05, 0) is 43.8 Å². The number of hydrogen-bond acceptors (Lipinski definition) is 3. The molecule has 0 aromatic heterocycles. The van der Waals surface area contributed by atoms with Crippen molar-refractivity contribution in [3.8, 4) is 5.75 Å². The second-order valence-corrected chi connectivity index (χ2v) is 5.50. The van der Waals surface area contributed by atoms with Crippen molar-refractivity contribution in [1.82, 2.24) is 4.90 Å². The molecule has 0 aliphatic carbocycles. The van der Waals surface area contributed by atoms with Gasteiger partial charge >= 0.3 is 0 Å². The van der Waals surface area contributed by atoms with E-state index >= 15 is 0 Å². The highest BCUT2D eigenvalue weighted by atomic mass is 16.5. The van der Waals surface area contributed by atoms with Crippen LogP contribution in [0.3, 0.4) is 0 Å². The Hall–Kier alpha value is -2.00. The average molecular weight is 298 g/mol. The summed E-state index contributed by atoms with van der Waals surface area (Å²) in [6.07, 6.45) is 0. The summed E-state index contributed by atoms with van der Waals surface area (Å²) < 4.78 is 5.20. The van der Waals surface area contributed by atoms with E-state index in [9.17, 15) is 0 Å². The highest BCUT2D eigenvalue weighted by Gasteiger charge is 2.06. The predicted octanol–water partition coefficient (Wildman–Crippen LogP) is 3.65. The van der Waals surface area contributed by atoms with Gasteiger partial charge in [0.15, 0.2) is 0 Å². The van der Waals surface area contributed by atoms with Crippen LogP contribution in [-0.4, -0.2) is 38.7 Å². The smallest absolute Gasteiger partial charge is 0.118 e. The van der Waals surface area contributed by atoms with E-state index in [0.29, 0.717) is 0 Å². The van der Waals surface area contributed by atoms with Gasteiger partial charge in [-0.3, -0.25) is 0 Å². The monoisotopic (exact) mass is 298 g/mol. The maximum absolute atomic E-state index is 5.20. The number of hydrogen-bond donors (Lipinski definition) is 0. The van der Waals surface area contributed by atoms with Crippen LogP contribution in [0.15, 0.2) is 54.6 Å². The maximum Gasteiger partial charge on any atom is 0.118 e. The Bertz CT molecular complexity index is 539. The first kappa shape index (κ1) is 16.4. The molecule has 0 heterocycles. The molecule has 0 bridgehead atoms. The fourth-order valence-electron chi connectivity index (χ4n) is 2.52. The van der Waals surface area contributed by atoms with Gasteiger partial charge < -0.3 is 14.5 Å². The van der Waals surface area contributed by atoms with Crippen molar-refractivity contribution >= 4 is 5.69 Å². The van der Waals surface area contributed by atoms with Crippen molar-refractivity contribution in [3.63, 3.8) is 0 Å². The van der Waals surface area contributed by atoms with Gasteiger partial charge in [-0.15, -0.1) is 0 Å². The quantitative estimate of drug-likeness (QED) is 0.740. The first-order valence-corrected chi connectivity index (χ1v) is 7.84. The minimum absolute atomic E-state index is 0.910. The van der Waals surface area contributed by atoms with Crippen LogP contribution in [0.25, 0.3) is 0 Å². The standard InChI is InChI=1S/C19H26N2O/c1-4-21(18-8-6-5-7-9-18)15-14-20(2)16-17-10-12-19(22-3)13-11-17/h5-13H,4,14-16H2,1-3H3. The summed E-state index contributed by atoms with van der Waals surface area (Å²) in [6.45, 7) is 6.26. The van der Waals surface area contributed by atoms with Gasteiger partial charge in [0.05, 0.1) is 7.11 Å². The van der Waals surface area contributed by atoms with Gasteiger partial charge in [0.1, 0.15) is 5.75 Å². The van der Waals surface area contributed by atoms with Gasteiger partial charge in [0.2, 0.25) is 0 Å². The Labute approximate surface area is 134 Å². The van der Waals surface area contributed by atoms with Crippen LogP contribution in [0.2, 0.25) is 0 Å². The Morgan fingerprint density at radius 3 is 2.18 bits per heavy atom. The van der Waals surface area contributed by atoms with Crippen LogP contribution >= 0.6 is 0 Å². The van der Waals surface area contributed by atoms with E-state index < -0.39 is 0 Å². The van der Waals surface area contributed by atoms with Gasteiger partial charge in [0.25, 0.3) is 0 Å². The number of benzene rings is 2. The lowest BCUT2D eigenvalue weighted by molar-refractivity contribution is 0.332. The third kappa shape index (κ3) is 4.78. The summed E-state index contributed by atoms with van der Waals surface area (Å²) in [4.78, 5) is 4.76. The SMILES string of the molecule is CCN(CCN(C)Cc1ccc(OC)cc1)c1ccccc1. The number of anilines is 1. The third-order valence-electron chi connectivity index (χ3n) is 3.87. The molecule has 0 N–H and O–H groups in total. The lowest BCUT2D eigenvalue weighted by Crippen LogP contribution is -2.32. The Balaban J connectivity index is 1.84. The highest BCUT2D eigenvalue weighted by Crippen LogP contribution is 2.14. The molecule has 22 heavy (non-hydrogen) atoms. The minimum atomic E-state index is 0.910. The number of nitrogens with zero attached hydrogens (tertiary/aromatic N) is 2. The highest BCUT2D eigenvalue weighted by molar-refractivity contribution is 5.45. The second kappa shape index (κ2) is 8.44. The summed E-state index contributed by atoms with van der Waals surface area (Å²) in [7, 11) is 3.87. The van der Waals surface area contributed by atoms with Crippen LogP contribution in [0.5, 0.6) is 5.75 Å².